The minimum Gasteiger partial charge on any atom is -0.394 e. The molecule has 5 heteroatoms. The molecule has 0 unspecified atom stereocenters. The molecule has 86 valence electrons. The largest absolute Gasteiger partial charge is 0.394 e. The molecule has 3 nitrogen and oxygen atoms in total. The molecule has 0 spiro atoms. The van der Waals surface area contributed by atoms with E-state index in [2.05, 4.69) is 24.1 Å². The van der Waals surface area contributed by atoms with Crippen molar-refractivity contribution in [1.29, 1.82) is 0 Å². The van der Waals surface area contributed by atoms with Crippen LogP contribution in [0.15, 0.2) is 6.20 Å². The average molecular weight is 249 g/mol. The highest BCUT2D eigenvalue weighted by Crippen LogP contribution is 2.20. The standard InChI is InChI=1S/C10H17ClN2OS/c1-3-10(4-2,7-14)13-6-9-12-5-8(11)15-9/h5,13-14H,3-4,6-7H2,1-2H3. The molecule has 0 aliphatic heterocycles. The van der Waals surface area contributed by atoms with Gasteiger partial charge in [-0.3, -0.25) is 0 Å². The smallest absolute Gasteiger partial charge is 0.113 e. The number of aliphatic hydroxyl groups is 1. The zero-order valence-electron chi connectivity index (χ0n) is 9.09. The van der Waals surface area contributed by atoms with Crippen molar-refractivity contribution in [3.05, 3.63) is 15.5 Å². The van der Waals surface area contributed by atoms with E-state index in [1.54, 1.807) is 6.20 Å². The molecule has 0 saturated carbocycles. The van der Waals surface area contributed by atoms with Gasteiger partial charge in [0.2, 0.25) is 0 Å². The number of nitrogens with one attached hydrogen (secondary N) is 1. The Labute approximate surface area is 99.5 Å². The van der Waals surface area contributed by atoms with E-state index in [1.165, 1.54) is 11.3 Å². The van der Waals surface area contributed by atoms with Gasteiger partial charge in [-0.1, -0.05) is 25.4 Å². The third-order valence-corrected chi connectivity index (χ3v) is 3.91. The summed E-state index contributed by atoms with van der Waals surface area (Å²) in [6, 6.07) is 0. The molecule has 1 rings (SSSR count). The quantitative estimate of drug-likeness (QED) is 0.813. The van der Waals surface area contributed by atoms with E-state index >= 15 is 0 Å². The van der Waals surface area contributed by atoms with Crippen molar-refractivity contribution in [2.45, 2.75) is 38.8 Å². The highest BCUT2D eigenvalue weighted by Gasteiger charge is 2.24. The minimum atomic E-state index is -0.182. The highest BCUT2D eigenvalue weighted by atomic mass is 35.5. The lowest BCUT2D eigenvalue weighted by atomic mass is 9.94. The van der Waals surface area contributed by atoms with Gasteiger partial charge in [-0.15, -0.1) is 11.3 Å². The number of hydrogen-bond acceptors (Lipinski definition) is 4. The summed E-state index contributed by atoms with van der Waals surface area (Å²) < 4.78 is 0.703. The number of rotatable bonds is 6. The Morgan fingerprint density at radius 1 is 1.53 bits per heavy atom. The molecule has 15 heavy (non-hydrogen) atoms. The van der Waals surface area contributed by atoms with E-state index in [-0.39, 0.29) is 12.1 Å². The van der Waals surface area contributed by atoms with E-state index in [9.17, 15) is 5.11 Å². The maximum absolute atomic E-state index is 9.35. The first-order valence-electron chi connectivity index (χ1n) is 5.12. The van der Waals surface area contributed by atoms with Crippen molar-refractivity contribution >= 4 is 22.9 Å². The Morgan fingerprint density at radius 2 is 2.20 bits per heavy atom. The van der Waals surface area contributed by atoms with Gasteiger partial charge in [0.1, 0.15) is 9.34 Å². The van der Waals surface area contributed by atoms with Gasteiger partial charge in [-0.05, 0) is 12.8 Å². The van der Waals surface area contributed by atoms with Crippen molar-refractivity contribution in [2.75, 3.05) is 6.61 Å². The number of aromatic nitrogens is 1. The van der Waals surface area contributed by atoms with Crippen LogP contribution in [0.5, 0.6) is 0 Å². The zero-order chi connectivity index (χ0) is 11.3. The van der Waals surface area contributed by atoms with Gasteiger partial charge in [0.25, 0.3) is 0 Å². The van der Waals surface area contributed by atoms with Crippen LogP contribution in [0, 0.1) is 0 Å². The second-order valence-corrected chi connectivity index (χ2v) is 5.30. The molecule has 0 aromatic carbocycles. The zero-order valence-corrected chi connectivity index (χ0v) is 10.7. The number of hydrogen-bond donors (Lipinski definition) is 2. The van der Waals surface area contributed by atoms with E-state index < -0.39 is 0 Å². The molecular weight excluding hydrogens is 232 g/mol. The van der Waals surface area contributed by atoms with Gasteiger partial charge < -0.3 is 10.4 Å². The monoisotopic (exact) mass is 248 g/mol. The molecule has 0 fully saturated rings. The van der Waals surface area contributed by atoms with Crippen LogP contribution in [-0.2, 0) is 6.54 Å². The highest BCUT2D eigenvalue weighted by molar-refractivity contribution is 7.15. The molecule has 1 aromatic rings. The molecule has 0 aliphatic rings. The van der Waals surface area contributed by atoms with E-state index in [4.69, 9.17) is 11.6 Å². The van der Waals surface area contributed by atoms with Crippen molar-refractivity contribution in [2.24, 2.45) is 0 Å². The second kappa shape index (κ2) is 5.80. The summed E-state index contributed by atoms with van der Waals surface area (Å²) in [6.45, 7) is 4.96. The lowest BCUT2D eigenvalue weighted by Crippen LogP contribution is -2.47. The van der Waals surface area contributed by atoms with Crippen LogP contribution in [0.1, 0.15) is 31.7 Å². The lowest BCUT2D eigenvalue weighted by molar-refractivity contribution is 0.149. The van der Waals surface area contributed by atoms with Crippen molar-refractivity contribution in [3.63, 3.8) is 0 Å². The predicted octanol–water partition coefficient (Wildman–Crippen LogP) is 2.44. The summed E-state index contributed by atoms with van der Waals surface area (Å²) in [7, 11) is 0. The molecule has 0 saturated heterocycles. The van der Waals surface area contributed by atoms with Crippen LogP contribution in [0.25, 0.3) is 0 Å². The van der Waals surface area contributed by atoms with Gasteiger partial charge in [0.15, 0.2) is 0 Å². The van der Waals surface area contributed by atoms with Crippen LogP contribution in [0.3, 0.4) is 0 Å². The fourth-order valence-electron chi connectivity index (χ4n) is 1.41. The van der Waals surface area contributed by atoms with Crippen molar-refractivity contribution in [1.82, 2.24) is 10.3 Å². The summed E-state index contributed by atoms with van der Waals surface area (Å²) in [4.78, 5) is 4.16. The number of nitrogens with zero attached hydrogens (tertiary/aromatic N) is 1. The maximum Gasteiger partial charge on any atom is 0.113 e. The van der Waals surface area contributed by atoms with Gasteiger partial charge >= 0.3 is 0 Å². The van der Waals surface area contributed by atoms with Gasteiger partial charge in [-0.2, -0.15) is 0 Å². The average Bonchev–Trinajstić information content (AvgIpc) is 2.67. The number of aliphatic hydroxyl groups excluding tert-OH is 1. The summed E-state index contributed by atoms with van der Waals surface area (Å²) >= 11 is 7.26. The van der Waals surface area contributed by atoms with Crippen molar-refractivity contribution in [3.8, 4) is 0 Å². The van der Waals surface area contributed by atoms with Gasteiger partial charge in [-0.25, -0.2) is 4.98 Å². The first-order chi connectivity index (χ1) is 7.15. The Balaban J connectivity index is 2.54. The molecule has 0 amide bonds. The Hall–Kier alpha value is -0.160. The lowest BCUT2D eigenvalue weighted by Gasteiger charge is -2.30. The molecular formula is C10H17ClN2OS. The molecule has 2 N–H and O–H groups in total. The van der Waals surface area contributed by atoms with E-state index in [1.807, 2.05) is 0 Å². The Bertz CT molecular complexity index is 291. The van der Waals surface area contributed by atoms with E-state index in [0.29, 0.717) is 10.9 Å². The molecule has 1 aromatic heterocycles. The van der Waals surface area contributed by atoms with Crippen LogP contribution < -0.4 is 5.32 Å². The van der Waals surface area contributed by atoms with Crippen LogP contribution >= 0.6 is 22.9 Å². The summed E-state index contributed by atoms with van der Waals surface area (Å²) in [5.74, 6) is 0. The molecule has 0 bridgehead atoms. The molecule has 0 aliphatic carbocycles. The number of thiazole rings is 1. The molecule has 1 heterocycles. The number of halogens is 1. The first-order valence-corrected chi connectivity index (χ1v) is 6.31. The summed E-state index contributed by atoms with van der Waals surface area (Å²) in [5, 5.41) is 13.7. The summed E-state index contributed by atoms with van der Waals surface area (Å²) in [6.07, 6.45) is 3.46. The minimum absolute atomic E-state index is 0.152. The van der Waals surface area contributed by atoms with Crippen LogP contribution in [0.2, 0.25) is 4.34 Å². The normalized spacial score (nSPS) is 12.0. The van der Waals surface area contributed by atoms with Gasteiger partial charge in [0, 0.05) is 12.1 Å². The SMILES string of the molecule is CCC(CC)(CO)NCc1ncc(Cl)s1. The third kappa shape index (κ3) is 3.41. The topological polar surface area (TPSA) is 45.1 Å². The summed E-state index contributed by atoms with van der Waals surface area (Å²) in [5.41, 5.74) is -0.182. The molecule has 0 atom stereocenters. The fourth-order valence-corrected chi connectivity index (χ4v) is 2.31. The third-order valence-electron chi connectivity index (χ3n) is 2.80. The molecule has 0 radical (unpaired) electrons. The fraction of sp³-hybridized carbons (Fsp3) is 0.700. The Kier molecular flexibility index (Phi) is 4.99. The second-order valence-electron chi connectivity index (χ2n) is 3.56. The van der Waals surface area contributed by atoms with Crippen molar-refractivity contribution < 1.29 is 5.11 Å². The van der Waals surface area contributed by atoms with Crippen LogP contribution in [0.4, 0.5) is 0 Å². The maximum atomic E-state index is 9.35. The van der Waals surface area contributed by atoms with Crippen LogP contribution in [-0.4, -0.2) is 22.2 Å². The Morgan fingerprint density at radius 3 is 2.60 bits per heavy atom. The van der Waals surface area contributed by atoms with E-state index in [0.717, 1.165) is 17.8 Å². The van der Waals surface area contributed by atoms with Gasteiger partial charge in [0.05, 0.1) is 12.8 Å². The first kappa shape index (κ1) is 12.9. The predicted molar refractivity (Wildman–Crippen MR) is 64.4 cm³/mol.